The second-order valence-corrected chi connectivity index (χ2v) is 6.39. The van der Waals surface area contributed by atoms with Crippen molar-refractivity contribution in [1.29, 1.82) is 0 Å². The number of carbonyl (C=O) groups is 1. The lowest BCUT2D eigenvalue weighted by Crippen LogP contribution is -2.44. The molecule has 0 heterocycles. The molecule has 0 aliphatic heterocycles. The van der Waals surface area contributed by atoms with Crippen LogP contribution in [0.4, 0.5) is 0 Å². The molecule has 0 N–H and O–H groups in total. The van der Waals surface area contributed by atoms with Crippen LogP contribution in [-0.2, 0) is 10.2 Å². The predicted molar refractivity (Wildman–Crippen MR) is 81.2 cm³/mol. The smallest absolute Gasteiger partial charge is 0.156 e. The fraction of sp³-hybridized carbons (Fsp3) is 0.562. The summed E-state index contributed by atoms with van der Waals surface area (Å²) in [5, 5.41) is 0. The fourth-order valence-electron chi connectivity index (χ4n) is 3.16. The molecule has 2 atom stereocenters. The number of hydrogen-bond acceptors (Lipinski definition) is 2. The number of hydrogen-bond donors (Lipinski definition) is 0. The highest BCUT2D eigenvalue weighted by atomic mass is 79.9. The Bertz CT molecular complexity index is 454. The highest BCUT2D eigenvalue weighted by Gasteiger charge is 2.44. The van der Waals surface area contributed by atoms with E-state index in [1.54, 1.807) is 7.11 Å². The zero-order chi connectivity index (χ0) is 13.9. The van der Waals surface area contributed by atoms with E-state index in [2.05, 4.69) is 28.9 Å². The van der Waals surface area contributed by atoms with E-state index < -0.39 is 0 Å². The van der Waals surface area contributed by atoms with Crippen molar-refractivity contribution >= 4 is 21.7 Å². The second-order valence-electron chi connectivity index (χ2n) is 5.29. The van der Waals surface area contributed by atoms with Crippen LogP contribution < -0.4 is 4.74 Å². The molecule has 19 heavy (non-hydrogen) atoms. The van der Waals surface area contributed by atoms with E-state index in [1.165, 1.54) is 0 Å². The van der Waals surface area contributed by atoms with Gasteiger partial charge in [0.15, 0.2) is 5.78 Å². The zero-order valence-corrected chi connectivity index (χ0v) is 13.2. The van der Waals surface area contributed by atoms with Gasteiger partial charge < -0.3 is 4.74 Å². The minimum absolute atomic E-state index is 0.000925. The number of alkyl halides is 1. The first-order valence-corrected chi connectivity index (χ1v) is 7.88. The third-order valence-corrected chi connectivity index (χ3v) is 4.99. The number of benzene rings is 1. The van der Waals surface area contributed by atoms with E-state index in [0.717, 1.165) is 43.4 Å². The Kier molecular flexibility index (Phi) is 4.67. The first-order valence-electron chi connectivity index (χ1n) is 6.97. The molecular formula is C16H21BrO2. The molecule has 104 valence electrons. The van der Waals surface area contributed by atoms with E-state index >= 15 is 0 Å². The average Bonchev–Trinajstić information content (AvgIpc) is 2.44. The van der Waals surface area contributed by atoms with Crippen LogP contribution in [0.3, 0.4) is 0 Å². The molecule has 2 rings (SSSR count). The topological polar surface area (TPSA) is 26.3 Å². The second kappa shape index (κ2) is 6.08. The summed E-state index contributed by atoms with van der Waals surface area (Å²) in [6, 6.07) is 8.01. The van der Waals surface area contributed by atoms with E-state index in [0.29, 0.717) is 5.78 Å². The average molecular weight is 325 g/mol. The Morgan fingerprint density at radius 1 is 1.47 bits per heavy atom. The minimum Gasteiger partial charge on any atom is -0.497 e. The van der Waals surface area contributed by atoms with Crippen LogP contribution in [0.1, 0.15) is 44.6 Å². The van der Waals surface area contributed by atoms with Crippen LogP contribution in [0.25, 0.3) is 0 Å². The van der Waals surface area contributed by atoms with E-state index in [4.69, 9.17) is 4.74 Å². The van der Waals surface area contributed by atoms with Crippen LogP contribution in [0, 0.1) is 0 Å². The van der Waals surface area contributed by atoms with Gasteiger partial charge in [-0.25, -0.2) is 0 Å². The number of Topliss-reactive ketones (excluding diaryl/α,β-unsaturated/α-hetero) is 1. The van der Waals surface area contributed by atoms with Crippen LogP contribution in [0.2, 0.25) is 0 Å². The van der Waals surface area contributed by atoms with Crippen LogP contribution >= 0.6 is 15.9 Å². The molecule has 1 aliphatic rings. The summed E-state index contributed by atoms with van der Waals surface area (Å²) in [6.07, 6.45) is 4.94. The lowest BCUT2D eigenvalue weighted by Gasteiger charge is -2.38. The highest BCUT2D eigenvalue weighted by Crippen LogP contribution is 2.43. The SMILES string of the molecule is CCCC1(c2cccc(OC)c2)CCCC(Br)C1=O. The number of ether oxygens (including phenoxy) is 1. The number of ketones is 1. The van der Waals surface area contributed by atoms with Crippen molar-refractivity contribution in [3.63, 3.8) is 0 Å². The predicted octanol–water partition coefficient (Wildman–Crippen LogP) is 4.25. The van der Waals surface area contributed by atoms with Gasteiger partial charge in [0, 0.05) is 0 Å². The molecule has 1 saturated carbocycles. The van der Waals surface area contributed by atoms with Gasteiger partial charge in [-0.2, -0.15) is 0 Å². The number of rotatable bonds is 4. The molecule has 2 nitrogen and oxygen atoms in total. The molecule has 1 fully saturated rings. The normalized spacial score (nSPS) is 27.3. The maximum absolute atomic E-state index is 12.7. The molecule has 0 aromatic heterocycles. The molecule has 3 heteroatoms. The molecule has 1 aromatic rings. The third-order valence-electron chi connectivity index (χ3n) is 4.12. The molecule has 0 bridgehead atoms. The van der Waals surface area contributed by atoms with Crippen molar-refractivity contribution in [2.45, 2.75) is 49.3 Å². The summed E-state index contributed by atoms with van der Waals surface area (Å²) in [7, 11) is 1.67. The van der Waals surface area contributed by atoms with Gasteiger partial charge in [-0.05, 0) is 37.0 Å². The summed E-state index contributed by atoms with van der Waals surface area (Å²) in [5.41, 5.74) is 0.790. The molecule has 0 amide bonds. The summed E-state index contributed by atoms with van der Waals surface area (Å²) in [4.78, 5) is 12.7. The largest absolute Gasteiger partial charge is 0.497 e. The molecule has 0 saturated heterocycles. The lowest BCUT2D eigenvalue weighted by molar-refractivity contribution is -0.126. The van der Waals surface area contributed by atoms with Gasteiger partial charge in [-0.1, -0.05) is 47.8 Å². The summed E-state index contributed by atoms with van der Waals surface area (Å²) in [6.45, 7) is 2.15. The maximum atomic E-state index is 12.7. The van der Waals surface area contributed by atoms with Crippen molar-refractivity contribution in [1.82, 2.24) is 0 Å². The molecular weight excluding hydrogens is 304 g/mol. The Morgan fingerprint density at radius 3 is 2.95 bits per heavy atom. The van der Waals surface area contributed by atoms with Crippen LogP contribution in [0.5, 0.6) is 5.75 Å². The van der Waals surface area contributed by atoms with E-state index in [9.17, 15) is 4.79 Å². The number of halogens is 1. The van der Waals surface area contributed by atoms with Gasteiger partial charge in [0.1, 0.15) is 5.75 Å². The van der Waals surface area contributed by atoms with Crippen molar-refractivity contribution in [2.24, 2.45) is 0 Å². The Balaban J connectivity index is 2.45. The van der Waals surface area contributed by atoms with Gasteiger partial charge in [0.2, 0.25) is 0 Å². The van der Waals surface area contributed by atoms with Crippen molar-refractivity contribution in [3.05, 3.63) is 29.8 Å². The number of methoxy groups -OCH3 is 1. The minimum atomic E-state index is -0.324. The Hall–Kier alpha value is -0.830. The van der Waals surface area contributed by atoms with Gasteiger partial charge in [-0.15, -0.1) is 0 Å². The third kappa shape index (κ3) is 2.71. The first kappa shape index (κ1) is 14.6. The van der Waals surface area contributed by atoms with Gasteiger partial charge in [0.25, 0.3) is 0 Å². The molecule has 1 aromatic carbocycles. The fourth-order valence-corrected chi connectivity index (χ4v) is 3.93. The van der Waals surface area contributed by atoms with Crippen molar-refractivity contribution in [2.75, 3.05) is 7.11 Å². The van der Waals surface area contributed by atoms with Crippen LogP contribution in [0.15, 0.2) is 24.3 Å². The van der Waals surface area contributed by atoms with Gasteiger partial charge in [0.05, 0.1) is 17.4 Å². The Labute approximate surface area is 123 Å². The van der Waals surface area contributed by atoms with Crippen molar-refractivity contribution in [3.8, 4) is 5.75 Å². The van der Waals surface area contributed by atoms with Crippen LogP contribution in [-0.4, -0.2) is 17.7 Å². The van der Waals surface area contributed by atoms with E-state index in [1.807, 2.05) is 18.2 Å². The molecule has 2 unspecified atom stereocenters. The molecule has 0 spiro atoms. The lowest BCUT2D eigenvalue weighted by atomic mass is 9.66. The maximum Gasteiger partial charge on any atom is 0.156 e. The summed E-state index contributed by atoms with van der Waals surface area (Å²) >= 11 is 3.55. The zero-order valence-electron chi connectivity index (χ0n) is 11.6. The quantitative estimate of drug-likeness (QED) is 0.774. The van der Waals surface area contributed by atoms with E-state index in [-0.39, 0.29) is 10.2 Å². The first-order chi connectivity index (χ1) is 9.14. The van der Waals surface area contributed by atoms with Gasteiger partial charge in [-0.3, -0.25) is 4.79 Å². The Morgan fingerprint density at radius 2 is 2.26 bits per heavy atom. The molecule has 0 radical (unpaired) electrons. The molecule has 1 aliphatic carbocycles. The highest BCUT2D eigenvalue weighted by molar-refractivity contribution is 9.10. The summed E-state index contributed by atoms with van der Waals surface area (Å²) < 4.78 is 5.31. The summed E-state index contributed by atoms with van der Waals surface area (Å²) in [5.74, 6) is 1.17. The number of carbonyl (C=O) groups excluding carboxylic acids is 1. The monoisotopic (exact) mass is 324 g/mol. The van der Waals surface area contributed by atoms with Gasteiger partial charge >= 0.3 is 0 Å². The van der Waals surface area contributed by atoms with Crippen molar-refractivity contribution < 1.29 is 9.53 Å². The standard InChI is InChI=1S/C16H21BrO2/c1-3-9-16(10-5-8-14(17)15(16)18)12-6-4-7-13(11-12)19-2/h4,6-7,11,14H,3,5,8-10H2,1-2H3.